The summed E-state index contributed by atoms with van der Waals surface area (Å²) in [6.07, 6.45) is -90.4. The third-order valence-electron chi connectivity index (χ3n) is 19.9. The quantitative estimate of drug-likeness (QED) is 0.0775. The Labute approximate surface area is 591 Å². The van der Waals surface area contributed by atoms with Crippen molar-refractivity contribution in [1.82, 2.24) is 15.0 Å². The number of hydrogen-bond donors (Lipinski definition) is 27. The summed E-state index contributed by atoms with van der Waals surface area (Å²) in [6, 6.07) is 0. The highest BCUT2D eigenvalue weighted by molar-refractivity contribution is 5.04. The van der Waals surface area contributed by atoms with E-state index in [0.29, 0.717) is 0 Å². The number of rotatable bonds is 15. The van der Waals surface area contributed by atoms with Crippen LogP contribution in [0.3, 0.4) is 0 Å². The van der Waals surface area contributed by atoms with Gasteiger partial charge in [-0.25, -0.2) is 4.68 Å². The molecular formula is C57H93N3O45. The summed E-state index contributed by atoms with van der Waals surface area (Å²) < 4.78 is 105. The molecule has 48 heteroatoms. The second kappa shape index (κ2) is 35.6. The van der Waals surface area contributed by atoms with E-state index in [-0.39, 0.29) is 5.69 Å². The highest BCUT2D eigenvalue weighted by Crippen LogP contribution is 2.40. The molecule has 23 fully saturated rings. The molecule has 1 aromatic heterocycles. The Balaban J connectivity index is 0.855. The van der Waals surface area contributed by atoms with Gasteiger partial charge in [-0.2, -0.15) is 0 Å². The van der Waals surface area contributed by atoms with Gasteiger partial charge in [0, 0.05) is 0 Å². The first-order valence-corrected chi connectivity index (χ1v) is 33.5. The SMILES string of the molecule is OC[C@H]1O[C@@H](O[C@H]2[C@H](O)[C@@H](O)[C@H](OCc3cn(C[C@H]4O[C@@H]5O[C@H]6[C@H](O)[C@@H](O)[C@@H](O[C@H]7[C@H](O)[C@@H](O)[C@@H](O[C@H]8[C@H](O)[C@@H](O)[C@@H](O[C@H]9[C@H](O)[C@@H](O)[C@@H](O[C@H]%10[C@H](O)[C@@H](O)[C@@H](O[C@H]%11[C@H](O)[C@@H](O)[C@@H](O[C@H]4[C@H](O)[C@H]5O)O[C@@H]%11CO)O[C@@H]%10CO)O[C@@H]9CO)O[C@@H]8CO)O[C@@H]7CO)O[C@@H]6CO)nn3)O[C@@H]2CO)[C@H](O)[C@@H](O)[C@H]1O. The number of nitrogens with zero attached hydrogens (tertiary/aromatic N) is 3. The molecule has 24 rings (SSSR count). The molecule has 48 nitrogen and oxygen atoms in total. The second-order valence-corrected chi connectivity index (χ2v) is 26.7. The number of aromatic nitrogens is 3. The average Bonchev–Trinajstić information content (AvgIpc) is 1.11. The van der Waals surface area contributed by atoms with Crippen molar-refractivity contribution in [1.29, 1.82) is 0 Å². The Kier molecular flexibility index (Phi) is 28.2. The van der Waals surface area contributed by atoms with Crippen molar-refractivity contribution in [3.8, 4) is 0 Å². The Morgan fingerprint density at radius 3 is 0.829 bits per heavy atom. The molecule has 0 aliphatic carbocycles. The van der Waals surface area contributed by atoms with Gasteiger partial charge in [-0.15, -0.1) is 5.10 Å². The Hall–Kier alpha value is -2.66. The molecule has 105 heavy (non-hydrogen) atoms. The van der Waals surface area contributed by atoms with Gasteiger partial charge in [0.25, 0.3) is 0 Å². The summed E-state index contributed by atoms with van der Waals surface area (Å²) in [4.78, 5) is 0. The highest BCUT2D eigenvalue weighted by atomic mass is 16.8. The molecule has 0 saturated carbocycles. The van der Waals surface area contributed by atoms with Gasteiger partial charge in [-0.05, 0) is 0 Å². The van der Waals surface area contributed by atoms with Crippen LogP contribution in [0.1, 0.15) is 5.69 Å². The lowest BCUT2D eigenvalue weighted by Gasteiger charge is -2.50. The summed E-state index contributed by atoms with van der Waals surface area (Å²) in [7, 11) is 0. The molecule has 45 atom stereocenters. The van der Waals surface area contributed by atoms with Crippen LogP contribution in [-0.2, 0) is 98.4 Å². The van der Waals surface area contributed by atoms with Gasteiger partial charge in [-0.3, -0.25) is 0 Å². The zero-order chi connectivity index (χ0) is 76.1. The van der Waals surface area contributed by atoms with Crippen LogP contribution in [0.25, 0.3) is 0 Å². The molecule has 27 N–H and O–H groups in total. The topological polar surface area (TPSA) is 743 Å². The van der Waals surface area contributed by atoms with Crippen LogP contribution in [0.5, 0.6) is 0 Å². The van der Waals surface area contributed by atoms with Gasteiger partial charge in [0.15, 0.2) is 56.6 Å². The van der Waals surface area contributed by atoms with Crippen LogP contribution in [0.4, 0.5) is 0 Å². The van der Waals surface area contributed by atoms with Crippen molar-refractivity contribution in [3.63, 3.8) is 0 Å². The fourth-order valence-corrected chi connectivity index (χ4v) is 14.0. The van der Waals surface area contributed by atoms with Crippen molar-refractivity contribution in [2.24, 2.45) is 0 Å². The van der Waals surface area contributed by atoms with E-state index in [9.17, 15) is 138 Å². The zero-order valence-corrected chi connectivity index (χ0v) is 54.9. The second-order valence-electron chi connectivity index (χ2n) is 26.7. The van der Waals surface area contributed by atoms with Gasteiger partial charge in [-0.1, -0.05) is 5.21 Å². The molecular weight excluding hydrogens is 1450 g/mol. The van der Waals surface area contributed by atoms with Gasteiger partial charge >= 0.3 is 0 Å². The van der Waals surface area contributed by atoms with Gasteiger partial charge in [0.2, 0.25) is 0 Å². The monoisotopic (exact) mass is 1540 g/mol. The summed E-state index contributed by atoms with van der Waals surface area (Å²) in [5.41, 5.74) is -0.119. The first-order valence-electron chi connectivity index (χ1n) is 33.5. The van der Waals surface area contributed by atoms with Crippen molar-refractivity contribution in [2.75, 3.05) is 52.9 Å². The van der Waals surface area contributed by atoms with Crippen LogP contribution >= 0.6 is 0 Å². The van der Waals surface area contributed by atoms with Gasteiger partial charge in [0.1, 0.15) is 225 Å². The molecule has 0 unspecified atom stereocenters. The fourth-order valence-electron chi connectivity index (χ4n) is 14.0. The Bertz CT molecular complexity index is 2820. The van der Waals surface area contributed by atoms with E-state index < -0.39 is 342 Å². The van der Waals surface area contributed by atoms with Gasteiger partial charge < -0.3 is 223 Å². The summed E-state index contributed by atoms with van der Waals surface area (Å²) in [5.74, 6) is 0. The molecule has 0 radical (unpaired) electrons. The standard InChI is InChI=1S/C57H93N3O45/c61-3-14-22(69)23(70)32(79)50(90-14)99-42-15(4-62)91-49(33(80)24(42)71)88-11-12-1-60(59-58-12)2-13-41-25(72)34(81)51(89-13)100-43-16(5-63)93-53(36(83)27(43)74)102-45-18(7-65)95-55(38(85)29(45)76)104-47-20(9-67)97-57(40(87)31(47)78)105-48-21(10-68)96-56(39(86)30(48)77)103-46-19(8-66)94-54(37(84)28(46)75)101-44-17(6-64)92-52(98-41)35(82)26(44)73/h1,13-57,61-87H,2-11H2/t13-,14-,15-,16-,17-,18-,19-,20-,21-,22+,23+,24-,25-,26-,27-,28-,29-,30-,31-,32-,33-,34-,35-,36-,37-,38-,39-,40-,41-,42-,43-,44-,45-,46-,47-,48-,49-,50+,51-,52-,53-,54-,55-,56-,57-/m1/s1. The Morgan fingerprint density at radius 1 is 0.267 bits per heavy atom. The molecule has 0 amide bonds. The van der Waals surface area contributed by atoms with Crippen LogP contribution in [-0.4, -0.2) is 482 Å². The van der Waals surface area contributed by atoms with Crippen LogP contribution < -0.4 is 0 Å². The van der Waals surface area contributed by atoms with E-state index >= 15 is 0 Å². The molecule has 23 aliphatic rings. The fraction of sp³-hybridized carbons (Fsp3) is 0.965. The highest BCUT2D eigenvalue weighted by Gasteiger charge is 2.61. The number of ether oxygens (including phenoxy) is 18. The third kappa shape index (κ3) is 16.9. The molecule has 24 heterocycles. The summed E-state index contributed by atoms with van der Waals surface area (Å²) in [5, 5.41) is 307. The predicted octanol–water partition coefficient (Wildman–Crippen LogP) is -19.8. The van der Waals surface area contributed by atoms with Crippen molar-refractivity contribution in [2.45, 2.75) is 290 Å². The lowest BCUT2D eigenvalue weighted by atomic mass is 9.95. The molecule has 0 aromatic carbocycles. The van der Waals surface area contributed by atoms with Crippen molar-refractivity contribution < 1.29 is 223 Å². The third-order valence-corrected chi connectivity index (χ3v) is 19.9. The molecule has 606 valence electrons. The number of aliphatic hydroxyl groups excluding tert-OH is 27. The maximum absolute atomic E-state index is 12.1. The van der Waals surface area contributed by atoms with Crippen molar-refractivity contribution >= 4 is 0 Å². The van der Waals surface area contributed by atoms with E-state index in [1.54, 1.807) is 0 Å². The minimum Gasteiger partial charge on any atom is -0.394 e. The molecule has 14 bridgehead atoms. The van der Waals surface area contributed by atoms with Gasteiger partial charge in [0.05, 0.1) is 72.2 Å². The lowest BCUT2D eigenvalue weighted by Crippen LogP contribution is -2.68. The number of hydrogen-bond acceptors (Lipinski definition) is 47. The zero-order valence-electron chi connectivity index (χ0n) is 54.9. The maximum atomic E-state index is 12.1. The van der Waals surface area contributed by atoms with Crippen LogP contribution in [0, 0.1) is 0 Å². The lowest BCUT2D eigenvalue weighted by molar-refractivity contribution is -0.396. The minimum absolute atomic E-state index is 0.119. The largest absolute Gasteiger partial charge is 0.394 e. The van der Waals surface area contributed by atoms with E-state index in [1.165, 1.54) is 0 Å². The average molecular weight is 1540 g/mol. The van der Waals surface area contributed by atoms with E-state index in [4.69, 9.17) is 85.3 Å². The van der Waals surface area contributed by atoms with Crippen LogP contribution in [0.2, 0.25) is 0 Å². The summed E-state index contributed by atoms with van der Waals surface area (Å²) in [6.45, 7) is -9.79. The predicted molar refractivity (Wildman–Crippen MR) is 313 cm³/mol. The molecule has 1 aromatic rings. The van der Waals surface area contributed by atoms with E-state index in [1.807, 2.05) is 0 Å². The first kappa shape index (κ1) is 83.3. The van der Waals surface area contributed by atoms with Crippen molar-refractivity contribution in [3.05, 3.63) is 11.9 Å². The smallest absolute Gasteiger partial charge is 0.187 e. The molecule has 0 spiro atoms. The summed E-state index contributed by atoms with van der Waals surface area (Å²) >= 11 is 0. The minimum atomic E-state index is -2.35. The van der Waals surface area contributed by atoms with E-state index in [2.05, 4.69) is 10.3 Å². The first-order chi connectivity index (χ1) is 50.0. The Morgan fingerprint density at radius 2 is 0.533 bits per heavy atom. The molecule has 23 aliphatic heterocycles. The molecule has 23 saturated heterocycles. The van der Waals surface area contributed by atoms with E-state index in [0.717, 1.165) is 10.9 Å². The normalized spacial score (nSPS) is 52.7. The maximum Gasteiger partial charge on any atom is 0.187 e. The van der Waals surface area contributed by atoms with Crippen LogP contribution in [0.15, 0.2) is 6.20 Å². The number of aliphatic hydroxyl groups is 27.